The third kappa shape index (κ3) is 3.27. The van der Waals surface area contributed by atoms with E-state index in [1.165, 1.54) is 0 Å². The van der Waals surface area contributed by atoms with E-state index < -0.39 is 5.97 Å². The highest BCUT2D eigenvalue weighted by Gasteiger charge is 2.03. The van der Waals surface area contributed by atoms with Gasteiger partial charge in [-0.1, -0.05) is 6.58 Å². The van der Waals surface area contributed by atoms with Crippen molar-refractivity contribution in [2.24, 2.45) is 0 Å². The fourth-order valence-corrected chi connectivity index (χ4v) is 1.62. The van der Waals surface area contributed by atoms with Crippen molar-refractivity contribution in [3.63, 3.8) is 0 Å². The summed E-state index contributed by atoms with van der Waals surface area (Å²) in [4.78, 5) is 14.6. The molecule has 1 heterocycles. The predicted octanol–water partition coefficient (Wildman–Crippen LogP) is 1.18. The smallest absolute Gasteiger partial charge is 0.332 e. The highest BCUT2D eigenvalue weighted by molar-refractivity contribution is 7.09. The van der Waals surface area contributed by atoms with Gasteiger partial charge >= 0.3 is 5.97 Å². The number of hydrogen-bond acceptors (Lipinski definition) is 4. The van der Waals surface area contributed by atoms with Crippen LogP contribution >= 0.6 is 11.3 Å². The van der Waals surface area contributed by atoms with Crippen LogP contribution < -0.4 is 5.32 Å². The zero-order valence-corrected chi connectivity index (χ0v) is 8.73. The van der Waals surface area contributed by atoms with Crippen molar-refractivity contribution >= 4 is 17.3 Å². The summed E-state index contributed by atoms with van der Waals surface area (Å²) in [6.07, 6.45) is 0. The Morgan fingerprint density at radius 2 is 2.50 bits per heavy atom. The lowest BCUT2D eigenvalue weighted by Crippen LogP contribution is -2.19. The Labute approximate surface area is 86.3 Å². The first-order valence-corrected chi connectivity index (χ1v) is 5.00. The van der Waals surface area contributed by atoms with E-state index in [1.54, 1.807) is 11.3 Å². The first-order valence-electron chi connectivity index (χ1n) is 4.12. The lowest BCUT2D eigenvalue weighted by Gasteiger charge is -2.01. The monoisotopic (exact) mass is 212 g/mol. The molecule has 0 aliphatic carbocycles. The van der Waals surface area contributed by atoms with Crippen molar-refractivity contribution in [2.45, 2.75) is 13.5 Å². The summed E-state index contributed by atoms with van der Waals surface area (Å²) in [5.41, 5.74) is 1.15. The highest BCUT2D eigenvalue weighted by Crippen LogP contribution is 2.07. The number of carboxylic acid groups (broad SMARTS) is 1. The summed E-state index contributed by atoms with van der Waals surface area (Å²) in [6, 6.07) is 0. The number of nitrogens with one attached hydrogen (secondary N) is 1. The second-order valence-electron chi connectivity index (χ2n) is 2.89. The minimum atomic E-state index is -0.965. The molecule has 14 heavy (non-hydrogen) atoms. The zero-order chi connectivity index (χ0) is 10.6. The van der Waals surface area contributed by atoms with Gasteiger partial charge in [0.15, 0.2) is 0 Å². The van der Waals surface area contributed by atoms with Crippen molar-refractivity contribution < 1.29 is 9.90 Å². The van der Waals surface area contributed by atoms with Crippen LogP contribution in [0.1, 0.15) is 10.7 Å². The van der Waals surface area contributed by atoms with Gasteiger partial charge in [-0.2, -0.15) is 0 Å². The quantitative estimate of drug-likeness (QED) is 0.719. The van der Waals surface area contributed by atoms with Gasteiger partial charge < -0.3 is 10.4 Å². The minimum Gasteiger partial charge on any atom is -0.478 e. The van der Waals surface area contributed by atoms with Gasteiger partial charge in [-0.25, -0.2) is 9.78 Å². The van der Waals surface area contributed by atoms with Crippen LogP contribution in [0.3, 0.4) is 0 Å². The number of rotatable bonds is 5. The van der Waals surface area contributed by atoms with Crippen LogP contribution in [0.5, 0.6) is 0 Å². The summed E-state index contributed by atoms with van der Waals surface area (Å²) >= 11 is 1.56. The summed E-state index contributed by atoms with van der Waals surface area (Å²) in [6.45, 7) is 6.21. The summed E-state index contributed by atoms with van der Waals surface area (Å²) in [7, 11) is 0. The molecule has 0 bridgehead atoms. The molecule has 0 unspecified atom stereocenters. The summed E-state index contributed by atoms with van der Waals surface area (Å²) in [5.74, 6) is -0.965. The van der Waals surface area contributed by atoms with Gasteiger partial charge in [0.1, 0.15) is 5.01 Å². The number of hydrogen-bond donors (Lipinski definition) is 2. The molecule has 0 saturated carbocycles. The van der Waals surface area contributed by atoms with Gasteiger partial charge in [-0.05, 0) is 6.92 Å². The molecule has 4 nitrogen and oxygen atoms in total. The number of carboxylic acids is 1. The Balaban J connectivity index is 2.29. The van der Waals surface area contributed by atoms with Crippen LogP contribution in [-0.4, -0.2) is 22.6 Å². The number of aliphatic carboxylic acids is 1. The van der Waals surface area contributed by atoms with E-state index in [-0.39, 0.29) is 12.1 Å². The van der Waals surface area contributed by atoms with Crippen LogP contribution in [0.25, 0.3) is 0 Å². The standard InChI is InChI=1S/C9H12N2O2S/c1-6(9(12)13)3-10-4-8-11-7(2)5-14-8/h5,10H,1,3-4H2,2H3,(H,12,13). The predicted molar refractivity (Wildman–Crippen MR) is 55.3 cm³/mol. The molecule has 0 fully saturated rings. The molecule has 1 aromatic rings. The molecule has 0 amide bonds. The molecule has 0 radical (unpaired) electrons. The molecule has 0 aromatic carbocycles. The zero-order valence-electron chi connectivity index (χ0n) is 7.91. The first-order chi connectivity index (χ1) is 6.59. The molecule has 0 spiro atoms. The first kappa shape index (κ1) is 10.9. The fourth-order valence-electron chi connectivity index (χ4n) is 0.880. The maximum atomic E-state index is 10.4. The Kier molecular flexibility index (Phi) is 3.79. The molecule has 1 rings (SSSR count). The van der Waals surface area contributed by atoms with Crippen molar-refractivity contribution in [1.82, 2.24) is 10.3 Å². The van der Waals surface area contributed by atoms with Gasteiger partial charge in [-0.3, -0.25) is 0 Å². The van der Waals surface area contributed by atoms with Gasteiger partial charge in [0, 0.05) is 29.7 Å². The average Bonchev–Trinajstić information content (AvgIpc) is 2.51. The Bertz CT molecular complexity index is 346. The van der Waals surface area contributed by atoms with Crippen LogP contribution in [0, 0.1) is 6.92 Å². The Morgan fingerprint density at radius 3 is 3.00 bits per heavy atom. The van der Waals surface area contributed by atoms with Crippen LogP contribution in [0.15, 0.2) is 17.5 Å². The van der Waals surface area contributed by atoms with Gasteiger partial charge in [-0.15, -0.1) is 11.3 Å². The SMILES string of the molecule is C=C(CNCc1nc(C)cs1)C(=O)O. The van der Waals surface area contributed by atoms with E-state index >= 15 is 0 Å². The van der Waals surface area contributed by atoms with E-state index in [0.29, 0.717) is 6.54 Å². The van der Waals surface area contributed by atoms with Crippen LogP contribution in [0.4, 0.5) is 0 Å². The number of aromatic nitrogens is 1. The number of nitrogens with zero attached hydrogens (tertiary/aromatic N) is 1. The van der Waals surface area contributed by atoms with E-state index in [2.05, 4.69) is 16.9 Å². The molecular formula is C9H12N2O2S. The van der Waals surface area contributed by atoms with E-state index in [1.807, 2.05) is 12.3 Å². The largest absolute Gasteiger partial charge is 0.478 e. The second-order valence-corrected chi connectivity index (χ2v) is 3.84. The van der Waals surface area contributed by atoms with Crippen molar-refractivity contribution in [1.29, 1.82) is 0 Å². The van der Waals surface area contributed by atoms with E-state index in [0.717, 1.165) is 10.7 Å². The lowest BCUT2D eigenvalue weighted by atomic mass is 10.3. The molecule has 0 aliphatic heterocycles. The molecule has 0 atom stereocenters. The Morgan fingerprint density at radius 1 is 1.79 bits per heavy atom. The maximum Gasteiger partial charge on any atom is 0.332 e. The molecule has 2 N–H and O–H groups in total. The topological polar surface area (TPSA) is 62.2 Å². The third-order valence-corrected chi connectivity index (χ3v) is 2.55. The van der Waals surface area contributed by atoms with Crippen molar-refractivity contribution in [3.05, 3.63) is 28.2 Å². The van der Waals surface area contributed by atoms with E-state index in [4.69, 9.17) is 5.11 Å². The molecule has 1 aromatic heterocycles. The second kappa shape index (κ2) is 4.88. The number of aryl methyl sites for hydroxylation is 1. The number of carbonyl (C=O) groups is 1. The number of thiazole rings is 1. The Hall–Kier alpha value is -1.20. The lowest BCUT2D eigenvalue weighted by molar-refractivity contribution is -0.132. The third-order valence-electron chi connectivity index (χ3n) is 1.58. The maximum absolute atomic E-state index is 10.4. The van der Waals surface area contributed by atoms with Crippen LogP contribution in [0.2, 0.25) is 0 Å². The molecule has 0 aliphatic rings. The van der Waals surface area contributed by atoms with Crippen molar-refractivity contribution in [2.75, 3.05) is 6.54 Å². The molecule has 76 valence electrons. The fraction of sp³-hybridized carbons (Fsp3) is 0.333. The van der Waals surface area contributed by atoms with E-state index in [9.17, 15) is 4.79 Å². The summed E-state index contributed by atoms with van der Waals surface area (Å²) < 4.78 is 0. The summed E-state index contributed by atoms with van der Waals surface area (Å²) in [5, 5.41) is 14.4. The van der Waals surface area contributed by atoms with Crippen molar-refractivity contribution in [3.8, 4) is 0 Å². The van der Waals surface area contributed by atoms with Gasteiger partial charge in [0.2, 0.25) is 0 Å². The molecule has 5 heteroatoms. The van der Waals surface area contributed by atoms with Crippen LogP contribution in [-0.2, 0) is 11.3 Å². The molecule has 0 saturated heterocycles. The van der Waals surface area contributed by atoms with Gasteiger partial charge in [0.05, 0.1) is 0 Å². The average molecular weight is 212 g/mol. The molecular weight excluding hydrogens is 200 g/mol. The van der Waals surface area contributed by atoms with Gasteiger partial charge in [0.25, 0.3) is 0 Å². The highest BCUT2D eigenvalue weighted by atomic mass is 32.1. The minimum absolute atomic E-state index is 0.165. The normalized spacial score (nSPS) is 10.1.